The molecule has 0 bridgehead atoms. The maximum absolute atomic E-state index is 13.1. The molecular weight excluding hydrogens is 255 g/mol. The van der Waals surface area contributed by atoms with E-state index in [0.29, 0.717) is 31.0 Å². The van der Waals surface area contributed by atoms with E-state index in [1.807, 2.05) is 0 Å². The maximum Gasteiger partial charge on any atom is 0.435 e. The summed E-state index contributed by atoms with van der Waals surface area (Å²) in [7, 11) is 0. The van der Waals surface area contributed by atoms with E-state index in [-0.39, 0.29) is 5.69 Å². The lowest BCUT2D eigenvalue weighted by atomic mass is 10.1. The number of alkyl halides is 3. The number of nitrogens with one attached hydrogen (secondary N) is 1. The van der Waals surface area contributed by atoms with Gasteiger partial charge in [0.05, 0.1) is 12.2 Å². The second kappa shape index (κ2) is 4.38. The van der Waals surface area contributed by atoms with Crippen molar-refractivity contribution in [1.29, 1.82) is 0 Å². The van der Waals surface area contributed by atoms with E-state index in [9.17, 15) is 13.2 Å². The summed E-state index contributed by atoms with van der Waals surface area (Å²) < 4.78 is 41.0. The van der Waals surface area contributed by atoms with Gasteiger partial charge in [0.25, 0.3) is 0 Å². The Morgan fingerprint density at radius 1 is 1.16 bits per heavy atom. The molecule has 0 spiro atoms. The Bertz CT molecular complexity index is 587. The smallest absolute Gasteiger partial charge is 0.325 e. The highest BCUT2D eigenvalue weighted by Crippen LogP contribution is 2.37. The molecule has 0 unspecified atom stereocenters. The van der Waals surface area contributed by atoms with Crippen LogP contribution in [0, 0.1) is 0 Å². The lowest BCUT2D eigenvalue weighted by Gasteiger charge is -2.18. The number of benzene rings is 1. The maximum atomic E-state index is 13.1. The summed E-state index contributed by atoms with van der Waals surface area (Å²) in [6, 6.07) is 8.61. The van der Waals surface area contributed by atoms with Crippen molar-refractivity contribution in [3.63, 3.8) is 0 Å². The topological polar surface area (TPSA) is 29.9 Å². The molecule has 1 aliphatic heterocycles. The molecule has 0 saturated heterocycles. The largest absolute Gasteiger partial charge is 0.435 e. The fourth-order valence-electron chi connectivity index (χ4n) is 2.35. The minimum atomic E-state index is -4.44. The molecule has 0 atom stereocenters. The molecular formula is C13H12F3N3. The lowest BCUT2D eigenvalue weighted by Crippen LogP contribution is -2.28. The van der Waals surface area contributed by atoms with Crippen molar-refractivity contribution in [2.24, 2.45) is 0 Å². The van der Waals surface area contributed by atoms with Crippen LogP contribution in [0.1, 0.15) is 11.5 Å². The van der Waals surface area contributed by atoms with Gasteiger partial charge < -0.3 is 9.88 Å². The Hall–Kier alpha value is -1.82. The molecule has 3 rings (SSSR count). The molecule has 0 amide bonds. The standard InChI is InChI=1S/C13H12F3N3/c14-13(15,16)12-11(9-4-2-1-3-5-9)19-7-6-17-8-10(19)18-12/h1-5,17H,6-8H2. The minimum absolute atomic E-state index is 0.171. The number of hydrogen-bond acceptors (Lipinski definition) is 2. The third kappa shape index (κ3) is 2.12. The quantitative estimate of drug-likeness (QED) is 0.861. The Morgan fingerprint density at radius 2 is 1.89 bits per heavy atom. The van der Waals surface area contributed by atoms with Gasteiger partial charge in [-0.2, -0.15) is 13.2 Å². The van der Waals surface area contributed by atoms with Crippen molar-refractivity contribution in [1.82, 2.24) is 14.9 Å². The highest BCUT2D eigenvalue weighted by molar-refractivity contribution is 5.64. The summed E-state index contributed by atoms with van der Waals surface area (Å²) in [5, 5.41) is 3.03. The van der Waals surface area contributed by atoms with Gasteiger partial charge in [-0.15, -0.1) is 0 Å². The monoisotopic (exact) mass is 267 g/mol. The van der Waals surface area contributed by atoms with E-state index >= 15 is 0 Å². The first-order valence-electron chi connectivity index (χ1n) is 6.00. The summed E-state index contributed by atoms with van der Waals surface area (Å²) in [4.78, 5) is 3.77. The predicted octanol–water partition coefficient (Wildman–Crippen LogP) is 2.67. The SMILES string of the molecule is FC(F)(F)c1nc2n(c1-c1ccccc1)CCNC2. The molecule has 1 aromatic heterocycles. The molecule has 19 heavy (non-hydrogen) atoms. The van der Waals surface area contributed by atoms with Crippen LogP contribution >= 0.6 is 0 Å². The first kappa shape index (κ1) is 12.2. The second-order valence-electron chi connectivity index (χ2n) is 4.42. The molecule has 0 fully saturated rings. The Balaban J connectivity index is 2.23. The zero-order chi connectivity index (χ0) is 13.5. The first-order chi connectivity index (χ1) is 9.07. The molecule has 2 heterocycles. The number of nitrogens with zero attached hydrogens (tertiary/aromatic N) is 2. The number of rotatable bonds is 1. The zero-order valence-electron chi connectivity index (χ0n) is 10.0. The number of aromatic nitrogens is 2. The van der Waals surface area contributed by atoms with Crippen LogP contribution in [0.5, 0.6) is 0 Å². The molecule has 100 valence electrons. The van der Waals surface area contributed by atoms with Gasteiger partial charge in [0.15, 0.2) is 5.69 Å². The molecule has 6 heteroatoms. The fourth-order valence-corrected chi connectivity index (χ4v) is 2.35. The predicted molar refractivity (Wildman–Crippen MR) is 64.4 cm³/mol. The molecule has 1 aromatic carbocycles. The van der Waals surface area contributed by atoms with E-state index < -0.39 is 11.9 Å². The number of fused-ring (bicyclic) bond motifs is 1. The van der Waals surface area contributed by atoms with Crippen molar-refractivity contribution >= 4 is 0 Å². The molecule has 3 nitrogen and oxygen atoms in total. The van der Waals surface area contributed by atoms with Gasteiger partial charge in [0, 0.05) is 18.7 Å². The Labute approximate surface area is 108 Å². The highest BCUT2D eigenvalue weighted by atomic mass is 19.4. The van der Waals surface area contributed by atoms with Crippen LogP contribution in [-0.2, 0) is 19.3 Å². The zero-order valence-corrected chi connectivity index (χ0v) is 10.0. The number of halogens is 3. The van der Waals surface area contributed by atoms with Crippen LogP contribution in [0.15, 0.2) is 30.3 Å². The average Bonchev–Trinajstić information content (AvgIpc) is 2.79. The van der Waals surface area contributed by atoms with Crippen molar-refractivity contribution < 1.29 is 13.2 Å². The van der Waals surface area contributed by atoms with E-state index in [4.69, 9.17) is 0 Å². The third-order valence-corrected chi connectivity index (χ3v) is 3.16. The van der Waals surface area contributed by atoms with E-state index in [2.05, 4.69) is 10.3 Å². The van der Waals surface area contributed by atoms with E-state index in [1.54, 1.807) is 34.9 Å². The van der Waals surface area contributed by atoms with Crippen molar-refractivity contribution in [2.75, 3.05) is 6.54 Å². The molecule has 1 N–H and O–H groups in total. The summed E-state index contributed by atoms with van der Waals surface area (Å²) in [5.74, 6) is 0.442. The van der Waals surface area contributed by atoms with Crippen LogP contribution in [-0.4, -0.2) is 16.1 Å². The molecule has 0 saturated carbocycles. The molecule has 0 radical (unpaired) electrons. The Morgan fingerprint density at radius 3 is 2.58 bits per heavy atom. The fraction of sp³-hybridized carbons (Fsp3) is 0.308. The molecule has 1 aliphatic rings. The van der Waals surface area contributed by atoms with Crippen LogP contribution in [0.3, 0.4) is 0 Å². The number of hydrogen-bond donors (Lipinski definition) is 1. The van der Waals surface area contributed by atoms with Crippen LogP contribution < -0.4 is 5.32 Å². The van der Waals surface area contributed by atoms with Gasteiger partial charge in [-0.25, -0.2) is 4.98 Å². The highest BCUT2D eigenvalue weighted by Gasteiger charge is 2.39. The normalized spacial score (nSPS) is 15.3. The van der Waals surface area contributed by atoms with Crippen LogP contribution in [0.2, 0.25) is 0 Å². The van der Waals surface area contributed by atoms with Gasteiger partial charge in [0.2, 0.25) is 0 Å². The summed E-state index contributed by atoms with van der Waals surface area (Å²) in [6.45, 7) is 1.53. The number of imidazole rings is 1. The summed E-state index contributed by atoms with van der Waals surface area (Å²) >= 11 is 0. The van der Waals surface area contributed by atoms with Gasteiger partial charge in [0.1, 0.15) is 5.82 Å². The van der Waals surface area contributed by atoms with Gasteiger partial charge in [-0.3, -0.25) is 0 Å². The van der Waals surface area contributed by atoms with Crippen LogP contribution in [0.25, 0.3) is 11.3 Å². The summed E-state index contributed by atoms with van der Waals surface area (Å²) in [6.07, 6.45) is -4.44. The first-order valence-corrected chi connectivity index (χ1v) is 6.00. The van der Waals surface area contributed by atoms with E-state index in [0.717, 1.165) is 0 Å². The van der Waals surface area contributed by atoms with Gasteiger partial charge >= 0.3 is 6.18 Å². The summed E-state index contributed by atoms with van der Waals surface area (Å²) in [5.41, 5.74) is -0.0718. The lowest BCUT2D eigenvalue weighted by molar-refractivity contribution is -0.140. The molecule has 2 aromatic rings. The molecule has 0 aliphatic carbocycles. The second-order valence-corrected chi connectivity index (χ2v) is 4.42. The minimum Gasteiger partial charge on any atom is -0.325 e. The van der Waals surface area contributed by atoms with Crippen molar-refractivity contribution in [2.45, 2.75) is 19.3 Å². The van der Waals surface area contributed by atoms with E-state index in [1.165, 1.54) is 0 Å². The van der Waals surface area contributed by atoms with Gasteiger partial charge in [-0.05, 0) is 0 Å². The third-order valence-electron chi connectivity index (χ3n) is 3.16. The van der Waals surface area contributed by atoms with Crippen LogP contribution in [0.4, 0.5) is 13.2 Å². The average molecular weight is 267 g/mol. The Kier molecular flexibility index (Phi) is 2.82. The van der Waals surface area contributed by atoms with Gasteiger partial charge in [-0.1, -0.05) is 30.3 Å². The van der Waals surface area contributed by atoms with Crippen molar-refractivity contribution in [3.8, 4) is 11.3 Å². The van der Waals surface area contributed by atoms with Crippen molar-refractivity contribution in [3.05, 3.63) is 41.9 Å².